The van der Waals surface area contributed by atoms with Gasteiger partial charge in [-0.2, -0.15) is 0 Å². The summed E-state index contributed by atoms with van der Waals surface area (Å²) < 4.78 is 1.55. The lowest BCUT2D eigenvalue weighted by Gasteiger charge is -2.16. The van der Waals surface area contributed by atoms with E-state index >= 15 is 0 Å². The molecule has 0 unspecified atom stereocenters. The number of nitrogens with zero attached hydrogens (tertiary/aromatic N) is 3. The van der Waals surface area contributed by atoms with E-state index in [-0.39, 0.29) is 11.2 Å². The third-order valence-electron chi connectivity index (χ3n) is 4.50. The van der Waals surface area contributed by atoms with Crippen molar-refractivity contribution in [1.82, 2.24) is 9.55 Å². The second kappa shape index (κ2) is 8.68. The molecule has 0 aliphatic heterocycles. The van der Waals surface area contributed by atoms with E-state index < -0.39 is 0 Å². The predicted molar refractivity (Wildman–Crippen MR) is 119 cm³/mol. The topological polar surface area (TPSA) is 39.2 Å². The zero-order chi connectivity index (χ0) is 20.3. The Morgan fingerprint density at radius 2 is 1.64 bits per heavy atom. The Balaban J connectivity index is 2.29. The Morgan fingerprint density at radius 3 is 2.14 bits per heavy atom. The summed E-state index contributed by atoms with van der Waals surface area (Å²) in [6.07, 6.45) is 3.86. The van der Waals surface area contributed by atoms with Gasteiger partial charge in [0.15, 0.2) is 0 Å². The van der Waals surface area contributed by atoms with Crippen molar-refractivity contribution in [2.24, 2.45) is 0 Å². The molecule has 3 rings (SSSR count). The number of rotatable bonds is 5. The Morgan fingerprint density at radius 1 is 1.00 bits per heavy atom. The average molecular weight is 408 g/mol. The monoisotopic (exact) mass is 407 g/mol. The zero-order valence-electron chi connectivity index (χ0n) is 16.3. The van der Waals surface area contributed by atoms with E-state index in [0.29, 0.717) is 22.5 Å². The highest BCUT2D eigenvalue weighted by Crippen LogP contribution is 2.29. The van der Waals surface area contributed by atoms with Crippen molar-refractivity contribution in [2.75, 3.05) is 12.5 Å². The summed E-state index contributed by atoms with van der Waals surface area (Å²) in [5.74, 6) is 0.951. The van der Waals surface area contributed by atoms with Crippen LogP contribution in [-0.4, -0.2) is 22.1 Å². The number of aromatic nitrogens is 2. The van der Waals surface area contributed by atoms with Gasteiger partial charge >= 0.3 is 0 Å². The number of hydrogen-bond donors (Lipinski definition) is 0. The normalized spacial score (nSPS) is 10.9. The van der Waals surface area contributed by atoms with Crippen LogP contribution in [0.2, 0.25) is 0 Å². The maximum absolute atomic E-state index is 13.2. The summed E-state index contributed by atoms with van der Waals surface area (Å²) in [4.78, 5) is 22.5. The quantitative estimate of drug-likeness (QED) is 0.295. The lowest BCUT2D eigenvalue weighted by molar-refractivity contribution is 0.862. The highest BCUT2D eigenvalue weighted by atomic mass is 32.2. The molecule has 6 heteroatoms. The molecule has 0 bridgehead atoms. The zero-order valence-corrected chi connectivity index (χ0v) is 17.9. The second-order valence-corrected chi connectivity index (χ2v) is 8.19. The van der Waals surface area contributed by atoms with Gasteiger partial charge in [-0.3, -0.25) is 9.36 Å². The van der Waals surface area contributed by atoms with Gasteiger partial charge in [0.05, 0.1) is 6.57 Å². The highest BCUT2D eigenvalue weighted by molar-refractivity contribution is 7.98. The smallest absolute Gasteiger partial charge is 0.282 e. The average Bonchev–Trinajstić information content (AvgIpc) is 2.73. The third kappa shape index (κ3) is 3.87. The van der Waals surface area contributed by atoms with Crippen LogP contribution in [0.1, 0.15) is 25.3 Å². The molecule has 0 amide bonds. The van der Waals surface area contributed by atoms with E-state index in [9.17, 15) is 4.79 Å². The molecule has 4 nitrogen and oxygen atoms in total. The Hall–Kier alpha value is -2.49. The maximum Gasteiger partial charge on any atom is 0.282 e. The van der Waals surface area contributed by atoms with Crippen molar-refractivity contribution < 1.29 is 0 Å². The molecule has 3 aromatic rings. The molecule has 0 atom stereocenters. The van der Waals surface area contributed by atoms with Crippen LogP contribution < -0.4 is 5.56 Å². The number of thioether (sulfide) groups is 2. The standard InChI is InChI=1S/C22H21N3OS2/c1-14(2)15-6-10-17(11-7-15)25-20(16-8-12-18(27-4)13-9-16)24-21(28-5)19(23-3)22(25)26/h6-14H,1-2,4-5H3. The van der Waals surface area contributed by atoms with Crippen LogP contribution in [-0.2, 0) is 0 Å². The molecule has 142 valence electrons. The summed E-state index contributed by atoms with van der Waals surface area (Å²) in [5.41, 5.74) is 2.47. The molecule has 0 spiro atoms. The van der Waals surface area contributed by atoms with Gasteiger partial charge < -0.3 is 0 Å². The Kier molecular flexibility index (Phi) is 6.28. The van der Waals surface area contributed by atoms with E-state index in [2.05, 4.69) is 23.7 Å². The first-order valence-electron chi connectivity index (χ1n) is 8.83. The molecule has 1 heterocycles. The van der Waals surface area contributed by atoms with E-state index in [1.54, 1.807) is 16.3 Å². The van der Waals surface area contributed by atoms with Gasteiger partial charge in [-0.1, -0.05) is 38.1 Å². The Labute approximate surface area is 173 Å². The fourth-order valence-corrected chi connectivity index (χ4v) is 3.82. The van der Waals surface area contributed by atoms with Crippen LogP contribution in [0.3, 0.4) is 0 Å². The number of hydrogen-bond acceptors (Lipinski definition) is 4. The third-order valence-corrected chi connectivity index (χ3v) is 5.91. The highest BCUT2D eigenvalue weighted by Gasteiger charge is 2.19. The lowest BCUT2D eigenvalue weighted by atomic mass is 10.0. The van der Waals surface area contributed by atoms with E-state index in [4.69, 9.17) is 6.57 Å². The van der Waals surface area contributed by atoms with Crippen LogP contribution in [0, 0.1) is 6.57 Å². The fraction of sp³-hybridized carbons (Fsp3) is 0.227. The van der Waals surface area contributed by atoms with Crippen molar-refractivity contribution in [3.63, 3.8) is 0 Å². The minimum absolute atomic E-state index is 0.0601. The summed E-state index contributed by atoms with van der Waals surface area (Å²) in [5, 5.41) is 0.457. The largest absolute Gasteiger partial charge is 0.282 e. The van der Waals surface area contributed by atoms with Crippen molar-refractivity contribution in [3.05, 3.63) is 75.9 Å². The molecular formula is C22H21N3OS2. The van der Waals surface area contributed by atoms with Crippen molar-refractivity contribution in [2.45, 2.75) is 29.7 Å². The molecule has 1 aromatic heterocycles. The molecule has 0 N–H and O–H groups in total. The number of benzene rings is 2. The van der Waals surface area contributed by atoms with Crippen molar-refractivity contribution in [1.29, 1.82) is 0 Å². The summed E-state index contributed by atoms with van der Waals surface area (Å²) >= 11 is 2.98. The van der Waals surface area contributed by atoms with E-state index in [1.807, 2.05) is 61.0 Å². The van der Waals surface area contributed by atoms with Gasteiger partial charge in [0.25, 0.3) is 11.2 Å². The van der Waals surface area contributed by atoms with Crippen LogP contribution in [0.4, 0.5) is 5.69 Å². The first-order valence-corrected chi connectivity index (χ1v) is 11.3. The van der Waals surface area contributed by atoms with Crippen LogP contribution in [0.15, 0.2) is 63.2 Å². The van der Waals surface area contributed by atoms with Crippen LogP contribution in [0.5, 0.6) is 0 Å². The maximum atomic E-state index is 13.2. The van der Waals surface area contributed by atoms with Gasteiger partial charge in [0.1, 0.15) is 10.9 Å². The molecule has 0 saturated carbocycles. The van der Waals surface area contributed by atoms with Crippen molar-refractivity contribution >= 4 is 29.2 Å². The van der Waals surface area contributed by atoms with E-state index in [1.165, 1.54) is 17.3 Å². The van der Waals surface area contributed by atoms with E-state index in [0.717, 1.165) is 10.5 Å². The molecule has 2 aromatic carbocycles. The summed E-state index contributed by atoms with van der Waals surface area (Å²) in [7, 11) is 0. The fourth-order valence-electron chi connectivity index (χ4n) is 2.91. The molecule has 28 heavy (non-hydrogen) atoms. The van der Waals surface area contributed by atoms with Gasteiger partial charge in [-0.15, -0.1) is 23.5 Å². The molecule has 0 radical (unpaired) electrons. The summed E-state index contributed by atoms with van der Waals surface area (Å²) in [6, 6.07) is 15.8. The summed E-state index contributed by atoms with van der Waals surface area (Å²) in [6.45, 7) is 11.7. The minimum atomic E-state index is -0.337. The minimum Gasteiger partial charge on any atom is -0.282 e. The first-order chi connectivity index (χ1) is 13.5. The predicted octanol–water partition coefficient (Wildman–Crippen LogP) is 6.02. The van der Waals surface area contributed by atoms with Gasteiger partial charge in [-0.25, -0.2) is 9.83 Å². The van der Waals surface area contributed by atoms with Gasteiger partial charge in [0, 0.05) is 16.1 Å². The molecule has 0 aliphatic carbocycles. The molecule has 0 fully saturated rings. The van der Waals surface area contributed by atoms with Crippen molar-refractivity contribution in [3.8, 4) is 17.1 Å². The van der Waals surface area contributed by atoms with Crippen LogP contribution in [0.25, 0.3) is 21.9 Å². The SMILES string of the molecule is [C-]#[N+]c1c(SC)nc(-c2ccc(SC)cc2)n(-c2ccc(C(C)C)cc2)c1=O. The van der Waals surface area contributed by atoms with Gasteiger partial charge in [0.2, 0.25) is 0 Å². The molecule has 0 saturated heterocycles. The molecule has 0 aliphatic rings. The van der Waals surface area contributed by atoms with Gasteiger partial charge in [-0.05, 0) is 48.3 Å². The lowest BCUT2D eigenvalue weighted by Crippen LogP contribution is -2.22. The second-order valence-electron chi connectivity index (χ2n) is 6.52. The first kappa shape index (κ1) is 20.2. The molecular weight excluding hydrogens is 386 g/mol. The van der Waals surface area contributed by atoms with Crippen LogP contribution >= 0.6 is 23.5 Å². The Bertz CT molecular complexity index is 1080.